The number of hydrogen-bond acceptors (Lipinski definition) is 3. The van der Waals surface area contributed by atoms with E-state index in [1.807, 2.05) is 11.8 Å². The SMILES string of the molecule is C#CCN1CCN(C(=O)[C@@H](N)CC)CC1. The van der Waals surface area contributed by atoms with Crippen LogP contribution in [0.5, 0.6) is 0 Å². The Kier molecular flexibility index (Phi) is 4.60. The Labute approximate surface area is 91.4 Å². The predicted molar refractivity (Wildman–Crippen MR) is 60.1 cm³/mol. The number of nitrogens with zero attached hydrogens (tertiary/aromatic N) is 2. The van der Waals surface area contributed by atoms with Gasteiger partial charge in [0.25, 0.3) is 0 Å². The number of piperazine rings is 1. The van der Waals surface area contributed by atoms with E-state index in [1.165, 1.54) is 0 Å². The molecule has 0 unspecified atom stereocenters. The first-order valence-electron chi connectivity index (χ1n) is 5.39. The molecule has 0 aromatic carbocycles. The van der Waals surface area contributed by atoms with E-state index >= 15 is 0 Å². The molecule has 4 nitrogen and oxygen atoms in total. The van der Waals surface area contributed by atoms with E-state index < -0.39 is 0 Å². The number of hydrogen-bond donors (Lipinski definition) is 1. The Morgan fingerprint density at radius 2 is 2.07 bits per heavy atom. The molecule has 0 aromatic rings. The van der Waals surface area contributed by atoms with Crippen LogP contribution in [0, 0.1) is 12.3 Å². The average Bonchev–Trinajstić information content (AvgIpc) is 2.28. The van der Waals surface area contributed by atoms with Crippen molar-refractivity contribution in [3.8, 4) is 12.3 Å². The number of amides is 1. The summed E-state index contributed by atoms with van der Waals surface area (Å²) in [5.41, 5.74) is 5.70. The van der Waals surface area contributed by atoms with Crippen molar-refractivity contribution in [3.05, 3.63) is 0 Å². The van der Waals surface area contributed by atoms with Crippen molar-refractivity contribution in [2.75, 3.05) is 32.7 Å². The lowest BCUT2D eigenvalue weighted by Crippen LogP contribution is -2.53. The molecule has 84 valence electrons. The molecule has 1 aliphatic heterocycles. The van der Waals surface area contributed by atoms with Crippen molar-refractivity contribution in [2.45, 2.75) is 19.4 Å². The summed E-state index contributed by atoms with van der Waals surface area (Å²) >= 11 is 0. The van der Waals surface area contributed by atoms with Crippen molar-refractivity contribution in [1.29, 1.82) is 0 Å². The van der Waals surface area contributed by atoms with E-state index in [0.717, 1.165) is 26.2 Å². The Balaban J connectivity index is 2.37. The molecule has 1 aliphatic rings. The number of terminal acetylenes is 1. The molecule has 1 fully saturated rings. The maximum atomic E-state index is 11.7. The van der Waals surface area contributed by atoms with Crippen molar-refractivity contribution in [3.63, 3.8) is 0 Å². The van der Waals surface area contributed by atoms with E-state index in [9.17, 15) is 4.79 Å². The van der Waals surface area contributed by atoms with Crippen LogP contribution in [0.2, 0.25) is 0 Å². The average molecular weight is 209 g/mol. The van der Waals surface area contributed by atoms with Gasteiger partial charge in [-0.3, -0.25) is 9.69 Å². The zero-order valence-electron chi connectivity index (χ0n) is 9.28. The van der Waals surface area contributed by atoms with Crippen molar-refractivity contribution in [2.24, 2.45) is 5.73 Å². The third-order valence-corrected chi connectivity index (χ3v) is 2.76. The summed E-state index contributed by atoms with van der Waals surface area (Å²) in [6.07, 6.45) is 5.93. The number of carbonyl (C=O) groups excluding carboxylic acids is 1. The molecule has 15 heavy (non-hydrogen) atoms. The molecule has 1 saturated heterocycles. The molecule has 0 aromatic heterocycles. The second-order valence-corrected chi connectivity index (χ2v) is 3.82. The quantitative estimate of drug-likeness (QED) is 0.638. The van der Waals surface area contributed by atoms with Gasteiger partial charge in [-0.05, 0) is 6.42 Å². The first kappa shape index (κ1) is 12.0. The van der Waals surface area contributed by atoms with Gasteiger partial charge in [-0.25, -0.2) is 0 Å². The summed E-state index contributed by atoms with van der Waals surface area (Å²) < 4.78 is 0. The van der Waals surface area contributed by atoms with Gasteiger partial charge in [0.1, 0.15) is 0 Å². The zero-order chi connectivity index (χ0) is 11.3. The molecule has 0 radical (unpaired) electrons. The molecule has 0 spiro atoms. The van der Waals surface area contributed by atoms with Gasteiger partial charge in [0, 0.05) is 26.2 Å². The highest BCUT2D eigenvalue weighted by Gasteiger charge is 2.23. The molecular formula is C11H19N3O. The van der Waals surface area contributed by atoms with Gasteiger partial charge in [0.15, 0.2) is 0 Å². The van der Waals surface area contributed by atoms with Crippen LogP contribution >= 0.6 is 0 Å². The van der Waals surface area contributed by atoms with Crippen LogP contribution in [0.4, 0.5) is 0 Å². The predicted octanol–water partition coefficient (Wildman–Crippen LogP) is -0.499. The molecule has 1 atom stereocenters. The van der Waals surface area contributed by atoms with Gasteiger partial charge in [0.05, 0.1) is 12.6 Å². The summed E-state index contributed by atoms with van der Waals surface area (Å²) in [5, 5.41) is 0. The number of nitrogens with two attached hydrogens (primary N) is 1. The molecule has 1 rings (SSSR count). The van der Waals surface area contributed by atoms with E-state index in [1.54, 1.807) is 0 Å². The molecule has 4 heteroatoms. The minimum atomic E-state index is -0.343. The molecule has 2 N–H and O–H groups in total. The van der Waals surface area contributed by atoms with Crippen molar-refractivity contribution >= 4 is 5.91 Å². The van der Waals surface area contributed by atoms with Crippen LogP contribution in [-0.4, -0.2) is 54.5 Å². The lowest BCUT2D eigenvalue weighted by Gasteiger charge is -2.34. The van der Waals surface area contributed by atoms with Crippen LogP contribution < -0.4 is 5.73 Å². The Morgan fingerprint density at radius 3 is 2.53 bits per heavy atom. The van der Waals surface area contributed by atoms with Crippen molar-refractivity contribution in [1.82, 2.24) is 9.80 Å². The summed E-state index contributed by atoms with van der Waals surface area (Å²) in [6.45, 7) is 5.79. The number of carbonyl (C=O) groups is 1. The highest BCUT2D eigenvalue weighted by Crippen LogP contribution is 2.04. The standard InChI is InChI=1S/C11H19N3O/c1-3-5-13-6-8-14(9-7-13)11(15)10(12)4-2/h1,10H,4-9,12H2,2H3/t10-/m0/s1. The third-order valence-electron chi connectivity index (χ3n) is 2.76. The molecule has 1 heterocycles. The zero-order valence-corrected chi connectivity index (χ0v) is 9.28. The maximum absolute atomic E-state index is 11.7. The van der Waals surface area contributed by atoms with Crippen molar-refractivity contribution < 1.29 is 4.79 Å². The van der Waals surface area contributed by atoms with Gasteiger partial charge in [0.2, 0.25) is 5.91 Å². The summed E-state index contributed by atoms with van der Waals surface area (Å²) in [7, 11) is 0. The molecule has 0 bridgehead atoms. The fourth-order valence-corrected chi connectivity index (χ4v) is 1.66. The van der Waals surface area contributed by atoms with Crippen LogP contribution in [0.1, 0.15) is 13.3 Å². The van der Waals surface area contributed by atoms with Gasteiger partial charge < -0.3 is 10.6 Å². The van der Waals surface area contributed by atoms with Crippen LogP contribution in [0.25, 0.3) is 0 Å². The van der Waals surface area contributed by atoms with Gasteiger partial charge in [-0.2, -0.15) is 0 Å². The van der Waals surface area contributed by atoms with Crippen LogP contribution in [0.15, 0.2) is 0 Å². The highest BCUT2D eigenvalue weighted by molar-refractivity contribution is 5.81. The summed E-state index contributed by atoms with van der Waals surface area (Å²) in [4.78, 5) is 15.7. The normalized spacial score (nSPS) is 19.7. The van der Waals surface area contributed by atoms with Gasteiger partial charge >= 0.3 is 0 Å². The monoisotopic (exact) mass is 209 g/mol. The Hall–Kier alpha value is -1.05. The fraction of sp³-hybridized carbons (Fsp3) is 0.727. The topological polar surface area (TPSA) is 49.6 Å². The molecule has 0 aliphatic carbocycles. The first-order valence-corrected chi connectivity index (χ1v) is 5.39. The van der Waals surface area contributed by atoms with E-state index in [-0.39, 0.29) is 11.9 Å². The lowest BCUT2D eigenvalue weighted by atomic mass is 10.2. The Morgan fingerprint density at radius 1 is 1.47 bits per heavy atom. The minimum Gasteiger partial charge on any atom is -0.339 e. The van der Waals surface area contributed by atoms with E-state index in [2.05, 4.69) is 10.8 Å². The van der Waals surface area contributed by atoms with Crippen LogP contribution in [-0.2, 0) is 4.79 Å². The van der Waals surface area contributed by atoms with Crippen LogP contribution in [0.3, 0.4) is 0 Å². The molecular weight excluding hydrogens is 190 g/mol. The second kappa shape index (κ2) is 5.74. The van der Waals surface area contributed by atoms with Gasteiger partial charge in [-0.1, -0.05) is 12.8 Å². The van der Waals surface area contributed by atoms with E-state index in [4.69, 9.17) is 12.2 Å². The Bertz CT molecular complexity index is 251. The summed E-state index contributed by atoms with van der Waals surface area (Å²) in [6, 6.07) is -0.343. The smallest absolute Gasteiger partial charge is 0.239 e. The lowest BCUT2D eigenvalue weighted by molar-refractivity contribution is -0.134. The number of rotatable bonds is 3. The van der Waals surface area contributed by atoms with E-state index in [0.29, 0.717) is 13.0 Å². The maximum Gasteiger partial charge on any atom is 0.239 e. The summed E-state index contributed by atoms with van der Waals surface area (Å²) in [5.74, 6) is 2.68. The highest BCUT2D eigenvalue weighted by atomic mass is 16.2. The largest absolute Gasteiger partial charge is 0.339 e. The molecule has 0 saturated carbocycles. The van der Waals surface area contributed by atoms with Gasteiger partial charge in [-0.15, -0.1) is 6.42 Å². The first-order chi connectivity index (χ1) is 7.19. The second-order valence-electron chi connectivity index (χ2n) is 3.82. The minimum absolute atomic E-state index is 0.0675. The molecule has 1 amide bonds. The fourth-order valence-electron chi connectivity index (χ4n) is 1.66. The third kappa shape index (κ3) is 3.22.